The van der Waals surface area contributed by atoms with E-state index in [1.807, 2.05) is 0 Å². The van der Waals surface area contributed by atoms with Crippen molar-refractivity contribution in [3.63, 3.8) is 0 Å². The van der Waals surface area contributed by atoms with Crippen molar-refractivity contribution in [1.29, 1.82) is 0 Å². The lowest BCUT2D eigenvalue weighted by Gasteiger charge is -2.37. The van der Waals surface area contributed by atoms with Crippen LogP contribution < -0.4 is 5.32 Å². The number of rotatable bonds is 5. The molecule has 2 atom stereocenters. The molecule has 1 rings (SSSR count). The highest BCUT2D eigenvalue weighted by molar-refractivity contribution is 4.79. The summed E-state index contributed by atoms with van der Waals surface area (Å²) in [5.74, 6) is 0.646. The Balaban J connectivity index is 2.32. The molecule has 14 heavy (non-hydrogen) atoms. The third-order valence-electron chi connectivity index (χ3n) is 2.94. The van der Waals surface area contributed by atoms with Crippen LogP contribution in [0.4, 0.5) is 0 Å². The topological polar surface area (TPSA) is 24.5 Å². The third-order valence-corrected chi connectivity index (χ3v) is 2.94. The van der Waals surface area contributed by atoms with Crippen molar-refractivity contribution in [2.45, 2.75) is 26.3 Å². The first-order valence-corrected chi connectivity index (χ1v) is 5.71. The van der Waals surface area contributed by atoms with Crippen LogP contribution in [0, 0.1) is 5.92 Å². The van der Waals surface area contributed by atoms with Gasteiger partial charge in [0.05, 0.1) is 0 Å². The standard InChI is InChI=1S/C11H24N2O/c1-4-11-7-12-5-6-13(11)8-10(2)9-14-3/h10-12H,4-9H2,1-3H3. The van der Waals surface area contributed by atoms with Gasteiger partial charge in [-0.15, -0.1) is 0 Å². The second-order valence-electron chi connectivity index (χ2n) is 4.32. The van der Waals surface area contributed by atoms with Gasteiger partial charge in [0.25, 0.3) is 0 Å². The fourth-order valence-corrected chi connectivity index (χ4v) is 2.18. The first kappa shape index (κ1) is 12.0. The van der Waals surface area contributed by atoms with Crippen molar-refractivity contribution < 1.29 is 4.74 Å². The van der Waals surface area contributed by atoms with Gasteiger partial charge in [0, 0.05) is 45.9 Å². The quantitative estimate of drug-likeness (QED) is 0.715. The maximum atomic E-state index is 5.17. The van der Waals surface area contributed by atoms with E-state index >= 15 is 0 Å². The molecule has 0 aromatic rings. The number of ether oxygens (including phenoxy) is 1. The third kappa shape index (κ3) is 3.56. The summed E-state index contributed by atoms with van der Waals surface area (Å²) in [5, 5.41) is 3.45. The van der Waals surface area contributed by atoms with Gasteiger partial charge in [-0.05, 0) is 12.3 Å². The lowest BCUT2D eigenvalue weighted by atomic mass is 10.1. The SMILES string of the molecule is CCC1CNCCN1CC(C)COC. The van der Waals surface area contributed by atoms with Crippen molar-refractivity contribution in [2.24, 2.45) is 5.92 Å². The van der Waals surface area contributed by atoms with E-state index in [0.29, 0.717) is 5.92 Å². The molecule has 3 heteroatoms. The summed E-state index contributed by atoms with van der Waals surface area (Å²) in [6, 6.07) is 0.725. The van der Waals surface area contributed by atoms with E-state index in [2.05, 4.69) is 24.1 Å². The molecule has 2 unspecified atom stereocenters. The Bertz CT molecular complexity index is 152. The summed E-state index contributed by atoms with van der Waals surface area (Å²) in [7, 11) is 1.78. The number of nitrogens with zero attached hydrogens (tertiary/aromatic N) is 1. The minimum absolute atomic E-state index is 0.646. The molecule has 0 aromatic carbocycles. The molecule has 1 heterocycles. The number of methoxy groups -OCH3 is 1. The van der Waals surface area contributed by atoms with Gasteiger partial charge in [0.15, 0.2) is 0 Å². The van der Waals surface area contributed by atoms with Gasteiger partial charge >= 0.3 is 0 Å². The van der Waals surface area contributed by atoms with E-state index < -0.39 is 0 Å². The van der Waals surface area contributed by atoms with Crippen LogP contribution in [0.5, 0.6) is 0 Å². The Labute approximate surface area is 87.8 Å². The smallest absolute Gasteiger partial charge is 0.0500 e. The van der Waals surface area contributed by atoms with E-state index in [4.69, 9.17) is 4.74 Å². The van der Waals surface area contributed by atoms with Gasteiger partial charge in [-0.2, -0.15) is 0 Å². The second kappa shape index (κ2) is 6.38. The number of hydrogen-bond donors (Lipinski definition) is 1. The number of piperazine rings is 1. The van der Waals surface area contributed by atoms with Crippen molar-refractivity contribution >= 4 is 0 Å². The van der Waals surface area contributed by atoms with Crippen molar-refractivity contribution in [2.75, 3.05) is 39.9 Å². The molecule has 0 amide bonds. The molecule has 3 nitrogen and oxygen atoms in total. The summed E-state index contributed by atoms with van der Waals surface area (Å²) in [5.41, 5.74) is 0. The van der Waals surface area contributed by atoms with Crippen molar-refractivity contribution in [1.82, 2.24) is 10.2 Å². The fraction of sp³-hybridized carbons (Fsp3) is 1.00. The van der Waals surface area contributed by atoms with Gasteiger partial charge in [-0.25, -0.2) is 0 Å². The maximum absolute atomic E-state index is 5.17. The molecular formula is C11H24N2O. The van der Waals surface area contributed by atoms with Crippen molar-refractivity contribution in [3.8, 4) is 0 Å². The van der Waals surface area contributed by atoms with Gasteiger partial charge in [0.2, 0.25) is 0 Å². The molecule has 0 bridgehead atoms. The van der Waals surface area contributed by atoms with Gasteiger partial charge in [-0.3, -0.25) is 4.90 Å². The molecule has 0 saturated carbocycles. The van der Waals surface area contributed by atoms with Crippen LogP contribution in [-0.2, 0) is 4.74 Å². The molecule has 0 aromatic heterocycles. The number of nitrogens with one attached hydrogen (secondary N) is 1. The molecule has 1 aliphatic rings. The average molecular weight is 200 g/mol. The van der Waals surface area contributed by atoms with Crippen LogP contribution in [0.2, 0.25) is 0 Å². The van der Waals surface area contributed by atoms with E-state index in [9.17, 15) is 0 Å². The van der Waals surface area contributed by atoms with Crippen LogP contribution in [0.3, 0.4) is 0 Å². The molecule has 0 aliphatic carbocycles. The monoisotopic (exact) mass is 200 g/mol. The summed E-state index contributed by atoms with van der Waals surface area (Å²) in [4.78, 5) is 2.60. The molecule has 1 saturated heterocycles. The predicted octanol–water partition coefficient (Wildman–Crippen LogP) is 0.953. The highest BCUT2D eigenvalue weighted by Crippen LogP contribution is 2.10. The first-order chi connectivity index (χ1) is 6.77. The highest BCUT2D eigenvalue weighted by Gasteiger charge is 2.21. The minimum Gasteiger partial charge on any atom is -0.384 e. The van der Waals surface area contributed by atoms with E-state index in [0.717, 1.165) is 25.7 Å². The zero-order valence-corrected chi connectivity index (χ0v) is 9.75. The first-order valence-electron chi connectivity index (χ1n) is 5.71. The summed E-state index contributed by atoms with van der Waals surface area (Å²) in [6.07, 6.45) is 1.24. The van der Waals surface area contributed by atoms with Crippen LogP contribution in [0.25, 0.3) is 0 Å². The van der Waals surface area contributed by atoms with Gasteiger partial charge in [0.1, 0.15) is 0 Å². The Morgan fingerprint density at radius 2 is 2.36 bits per heavy atom. The summed E-state index contributed by atoms with van der Waals surface area (Å²) in [6.45, 7) is 10.1. The Hall–Kier alpha value is -0.120. The highest BCUT2D eigenvalue weighted by atomic mass is 16.5. The molecule has 1 N–H and O–H groups in total. The molecule has 1 aliphatic heterocycles. The Morgan fingerprint density at radius 1 is 1.57 bits per heavy atom. The lowest BCUT2D eigenvalue weighted by Crippen LogP contribution is -2.52. The molecule has 0 spiro atoms. The van der Waals surface area contributed by atoms with Crippen LogP contribution in [0.1, 0.15) is 20.3 Å². The second-order valence-corrected chi connectivity index (χ2v) is 4.32. The van der Waals surface area contributed by atoms with Crippen LogP contribution >= 0.6 is 0 Å². The normalized spacial score (nSPS) is 26.4. The molecule has 1 fully saturated rings. The zero-order chi connectivity index (χ0) is 10.4. The molecule has 0 radical (unpaired) electrons. The van der Waals surface area contributed by atoms with Crippen LogP contribution in [0.15, 0.2) is 0 Å². The zero-order valence-electron chi connectivity index (χ0n) is 9.75. The molecule has 84 valence electrons. The van der Waals surface area contributed by atoms with Crippen molar-refractivity contribution in [3.05, 3.63) is 0 Å². The summed E-state index contributed by atoms with van der Waals surface area (Å²) >= 11 is 0. The van der Waals surface area contributed by atoms with E-state index in [-0.39, 0.29) is 0 Å². The summed E-state index contributed by atoms with van der Waals surface area (Å²) < 4.78 is 5.17. The van der Waals surface area contributed by atoms with E-state index in [1.165, 1.54) is 19.5 Å². The minimum atomic E-state index is 0.646. The van der Waals surface area contributed by atoms with Gasteiger partial charge < -0.3 is 10.1 Å². The molecular weight excluding hydrogens is 176 g/mol. The fourth-order valence-electron chi connectivity index (χ4n) is 2.18. The predicted molar refractivity (Wildman–Crippen MR) is 59.6 cm³/mol. The Kier molecular flexibility index (Phi) is 5.45. The maximum Gasteiger partial charge on any atom is 0.0500 e. The Morgan fingerprint density at radius 3 is 3.00 bits per heavy atom. The number of hydrogen-bond acceptors (Lipinski definition) is 3. The average Bonchev–Trinajstić information content (AvgIpc) is 2.19. The largest absolute Gasteiger partial charge is 0.384 e. The van der Waals surface area contributed by atoms with E-state index in [1.54, 1.807) is 7.11 Å². The van der Waals surface area contributed by atoms with Crippen LogP contribution in [-0.4, -0.2) is 50.8 Å². The van der Waals surface area contributed by atoms with Gasteiger partial charge in [-0.1, -0.05) is 13.8 Å². The lowest BCUT2D eigenvalue weighted by molar-refractivity contribution is 0.0945.